The van der Waals surface area contributed by atoms with E-state index in [1.807, 2.05) is 33.8 Å². The highest BCUT2D eigenvalue weighted by Crippen LogP contribution is 2.31. The van der Waals surface area contributed by atoms with Crippen LogP contribution in [0.2, 0.25) is 0 Å². The third-order valence-electron chi connectivity index (χ3n) is 2.66. The molecule has 2 aromatic rings. The van der Waals surface area contributed by atoms with E-state index in [1.54, 1.807) is 11.3 Å². The van der Waals surface area contributed by atoms with Crippen molar-refractivity contribution in [3.63, 3.8) is 0 Å². The van der Waals surface area contributed by atoms with E-state index in [0.717, 1.165) is 9.35 Å². The van der Waals surface area contributed by atoms with Crippen molar-refractivity contribution in [2.75, 3.05) is 0 Å². The summed E-state index contributed by atoms with van der Waals surface area (Å²) in [6.45, 7) is 7.53. The molecule has 0 fully saturated rings. The van der Waals surface area contributed by atoms with Crippen molar-refractivity contribution in [2.45, 2.75) is 39.3 Å². The maximum absolute atomic E-state index is 11.8. The Morgan fingerprint density at radius 1 is 1.35 bits per heavy atom. The largest absolute Gasteiger partial charge is 0.444 e. The zero-order chi connectivity index (χ0) is 14.9. The predicted octanol–water partition coefficient (Wildman–Crippen LogP) is 5.25. The van der Waals surface area contributed by atoms with E-state index in [1.165, 1.54) is 10.1 Å². The average molecular weight is 356 g/mol. The summed E-state index contributed by atoms with van der Waals surface area (Å²) < 4.78 is 7.54. The molecule has 1 aromatic heterocycles. The third kappa shape index (κ3) is 3.96. The van der Waals surface area contributed by atoms with Gasteiger partial charge in [-0.25, -0.2) is 4.79 Å². The van der Waals surface area contributed by atoms with E-state index in [2.05, 4.69) is 39.4 Å². The third-order valence-corrected chi connectivity index (χ3v) is 4.45. The van der Waals surface area contributed by atoms with Gasteiger partial charge in [0.1, 0.15) is 5.60 Å². The van der Waals surface area contributed by atoms with Gasteiger partial charge in [-0.2, -0.15) is 0 Å². The van der Waals surface area contributed by atoms with Crippen LogP contribution in [0.4, 0.5) is 4.79 Å². The minimum Gasteiger partial charge on any atom is -0.444 e. The lowest BCUT2D eigenvalue weighted by Gasteiger charge is -2.21. The Labute approximate surface area is 131 Å². The number of alkyl carbamates (subject to hydrolysis) is 1. The van der Waals surface area contributed by atoms with Gasteiger partial charge >= 0.3 is 6.09 Å². The number of amides is 1. The molecular formula is C15H18BrNO2S. The van der Waals surface area contributed by atoms with Gasteiger partial charge in [-0.15, -0.1) is 11.3 Å². The zero-order valence-electron chi connectivity index (χ0n) is 12.0. The first-order chi connectivity index (χ1) is 9.24. The molecule has 0 saturated heterocycles. The molecular weight excluding hydrogens is 338 g/mol. The zero-order valence-corrected chi connectivity index (χ0v) is 14.4. The van der Waals surface area contributed by atoms with Crippen LogP contribution in [0.25, 0.3) is 10.1 Å². The number of ether oxygens (including phenoxy) is 1. The molecule has 1 heterocycles. The maximum Gasteiger partial charge on any atom is 0.408 e. The summed E-state index contributed by atoms with van der Waals surface area (Å²) in [5, 5.41) is 4.04. The van der Waals surface area contributed by atoms with Crippen LogP contribution in [0.5, 0.6) is 0 Å². The van der Waals surface area contributed by atoms with Gasteiger partial charge in [0.15, 0.2) is 0 Å². The molecule has 0 saturated carbocycles. The summed E-state index contributed by atoms with van der Waals surface area (Å²) >= 11 is 5.15. The highest BCUT2D eigenvalue weighted by molar-refractivity contribution is 9.10. The lowest BCUT2D eigenvalue weighted by Crippen LogP contribution is -2.33. The van der Waals surface area contributed by atoms with Crippen molar-refractivity contribution in [1.82, 2.24) is 5.32 Å². The molecule has 2 rings (SSSR count). The number of rotatable bonds is 2. The van der Waals surface area contributed by atoms with Gasteiger partial charge < -0.3 is 10.1 Å². The molecule has 0 aliphatic carbocycles. The Morgan fingerprint density at radius 2 is 2.05 bits per heavy atom. The topological polar surface area (TPSA) is 38.3 Å². The molecule has 1 amide bonds. The van der Waals surface area contributed by atoms with E-state index in [9.17, 15) is 4.79 Å². The minimum absolute atomic E-state index is 0.0685. The molecule has 0 radical (unpaired) electrons. The summed E-state index contributed by atoms with van der Waals surface area (Å²) in [5.74, 6) is 0. The summed E-state index contributed by atoms with van der Waals surface area (Å²) in [5.41, 5.74) is -0.477. The Bertz CT molecular complexity index is 630. The number of halogens is 1. The van der Waals surface area contributed by atoms with Gasteiger partial charge in [-0.3, -0.25) is 0 Å². The van der Waals surface area contributed by atoms with Gasteiger partial charge in [0.2, 0.25) is 0 Å². The van der Waals surface area contributed by atoms with Gasteiger partial charge in [0.05, 0.1) is 6.04 Å². The lowest BCUT2D eigenvalue weighted by molar-refractivity contribution is 0.0509. The molecule has 0 aliphatic rings. The van der Waals surface area contributed by atoms with Crippen molar-refractivity contribution < 1.29 is 9.53 Å². The number of thiophene rings is 1. The Balaban J connectivity index is 2.11. The molecule has 0 bridgehead atoms. The van der Waals surface area contributed by atoms with Crippen LogP contribution < -0.4 is 5.32 Å². The van der Waals surface area contributed by atoms with Crippen LogP contribution in [0, 0.1) is 0 Å². The van der Waals surface area contributed by atoms with Crippen molar-refractivity contribution in [1.29, 1.82) is 0 Å². The van der Waals surface area contributed by atoms with E-state index >= 15 is 0 Å². The second-order valence-corrected chi connectivity index (χ2v) is 7.73. The van der Waals surface area contributed by atoms with E-state index < -0.39 is 5.60 Å². The monoisotopic (exact) mass is 355 g/mol. The van der Waals surface area contributed by atoms with Crippen LogP contribution in [0.3, 0.4) is 0 Å². The second-order valence-electron chi connectivity index (χ2n) is 5.70. The molecule has 0 spiro atoms. The minimum atomic E-state index is -0.477. The lowest BCUT2D eigenvalue weighted by atomic mass is 10.2. The number of hydrogen-bond donors (Lipinski definition) is 1. The van der Waals surface area contributed by atoms with Crippen molar-refractivity contribution >= 4 is 43.4 Å². The number of hydrogen-bond acceptors (Lipinski definition) is 3. The number of carbonyl (C=O) groups excluding carboxylic acids is 1. The molecule has 108 valence electrons. The van der Waals surface area contributed by atoms with Crippen LogP contribution in [-0.2, 0) is 4.74 Å². The molecule has 1 atom stereocenters. The second kappa shape index (κ2) is 5.74. The highest BCUT2D eigenvalue weighted by atomic mass is 79.9. The highest BCUT2D eigenvalue weighted by Gasteiger charge is 2.19. The Kier molecular flexibility index (Phi) is 4.39. The fourth-order valence-electron chi connectivity index (χ4n) is 1.80. The normalized spacial score (nSPS) is 13.2. The maximum atomic E-state index is 11.8. The first-order valence-corrected chi connectivity index (χ1v) is 8.04. The standard InChI is InChI=1S/C15H18BrNO2S/c1-9(17-14(18)19-15(2,3)4)13-8-10-7-11(16)5-6-12(10)20-13/h5-9H,1-4H3,(H,17,18). The average Bonchev–Trinajstić information content (AvgIpc) is 2.68. The first-order valence-electron chi connectivity index (χ1n) is 6.43. The van der Waals surface area contributed by atoms with Gasteiger partial charge in [0, 0.05) is 14.0 Å². The van der Waals surface area contributed by atoms with Crippen molar-refractivity contribution in [3.05, 3.63) is 33.6 Å². The van der Waals surface area contributed by atoms with Gasteiger partial charge in [0.25, 0.3) is 0 Å². The van der Waals surface area contributed by atoms with Crippen LogP contribution in [0.15, 0.2) is 28.7 Å². The van der Waals surface area contributed by atoms with Gasteiger partial charge in [-0.05, 0) is 57.3 Å². The molecule has 5 heteroatoms. The van der Waals surface area contributed by atoms with Crippen molar-refractivity contribution in [3.8, 4) is 0 Å². The van der Waals surface area contributed by atoms with Crippen molar-refractivity contribution in [2.24, 2.45) is 0 Å². The van der Waals surface area contributed by atoms with E-state index in [-0.39, 0.29) is 12.1 Å². The summed E-state index contributed by atoms with van der Waals surface area (Å²) in [7, 11) is 0. The SMILES string of the molecule is CC(NC(=O)OC(C)(C)C)c1cc2cc(Br)ccc2s1. The Hall–Kier alpha value is -1.07. The molecule has 0 aliphatic heterocycles. The smallest absolute Gasteiger partial charge is 0.408 e. The van der Waals surface area contributed by atoms with Crippen LogP contribution in [0.1, 0.15) is 38.6 Å². The number of benzene rings is 1. The number of nitrogens with one attached hydrogen (secondary N) is 1. The fraction of sp³-hybridized carbons (Fsp3) is 0.400. The molecule has 1 unspecified atom stereocenters. The van der Waals surface area contributed by atoms with Gasteiger partial charge in [-0.1, -0.05) is 15.9 Å². The summed E-state index contributed by atoms with van der Waals surface area (Å²) in [6.07, 6.45) is -0.386. The summed E-state index contributed by atoms with van der Waals surface area (Å²) in [6, 6.07) is 8.21. The molecule has 20 heavy (non-hydrogen) atoms. The fourth-order valence-corrected chi connectivity index (χ4v) is 3.23. The predicted molar refractivity (Wildman–Crippen MR) is 87.3 cm³/mol. The quantitative estimate of drug-likeness (QED) is 0.798. The van der Waals surface area contributed by atoms with Crippen LogP contribution >= 0.6 is 27.3 Å². The van der Waals surface area contributed by atoms with E-state index in [0.29, 0.717) is 0 Å². The Morgan fingerprint density at radius 3 is 2.70 bits per heavy atom. The number of fused-ring (bicyclic) bond motifs is 1. The first kappa shape index (κ1) is 15.3. The van der Waals surface area contributed by atoms with E-state index in [4.69, 9.17) is 4.74 Å². The summed E-state index contributed by atoms with van der Waals surface area (Å²) in [4.78, 5) is 12.9. The number of carbonyl (C=O) groups is 1. The molecule has 3 nitrogen and oxygen atoms in total. The molecule has 1 N–H and O–H groups in total. The van der Waals surface area contributed by atoms with Crippen LogP contribution in [-0.4, -0.2) is 11.7 Å². The molecule has 1 aromatic carbocycles.